The SMILES string of the molecule is Cc1ccc(F)cc1C(CN)N1CCCCCC1C. The Hall–Kier alpha value is -0.930. The van der Waals surface area contributed by atoms with Gasteiger partial charge in [-0.05, 0) is 56.5 Å². The maximum atomic E-state index is 13.5. The molecule has 0 saturated carbocycles. The third kappa shape index (κ3) is 3.34. The van der Waals surface area contributed by atoms with Crippen molar-refractivity contribution in [1.82, 2.24) is 4.90 Å². The average Bonchev–Trinajstić information content (AvgIpc) is 2.60. The number of rotatable bonds is 3. The first-order valence-electron chi connectivity index (χ1n) is 7.35. The molecule has 106 valence electrons. The Kier molecular flexibility index (Phi) is 4.94. The zero-order valence-corrected chi connectivity index (χ0v) is 12.0. The Morgan fingerprint density at radius 3 is 2.89 bits per heavy atom. The molecule has 1 aromatic rings. The van der Waals surface area contributed by atoms with E-state index in [9.17, 15) is 4.39 Å². The van der Waals surface area contributed by atoms with E-state index in [4.69, 9.17) is 5.73 Å². The molecule has 0 bridgehead atoms. The molecule has 1 heterocycles. The van der Waals surface area contributed by atoms with E-state index in [1.807, 2.05) is 13.0 Å². The predicted octanol–water partition coefficient (Wildman–Crippen LogP) is 3.40. The molecule has 0 aromatic heterocycles. The molecule has 1 aliphatic rings. The third-order valence-corrected chi connectivity index (χ3v) is 4.33. The van der Waals surface area contributed by atoms with Gasteiger partial charge in [-0.3, -0.25) is 4.90 Å². The van der Waals surface area contributed by atoms with E-state index in [-0.39, 0.29) is 11.9 Å². The predicted molar refractivity (Wildman–Crippen MR) is 77.6 cm³/mol. The minimum absolute atomic E-state index is 0.142. The van der Waals surface area contributed by atoms with Gasteiger partial charge in [0.15, 0.2) is 0 Å². The standard InChI is InChI=1S/C16H25FN2/c1-12-7-8-14(17)10-15(12)16(11-18)19-9-5-3-4-6-13(19)2/h7-8,10,13,16H,3-6,9,11,18H2,1-2H3. The Balaban J connectivity index is 2.29. The summed E-state index contributed by atoms with van der Waals surface area (Å²) in [5.74, 6) is -0.165. The lowest BCUT2D eigenvalue weighted by atomic mass is 9.98. The minimum atomic E-state index is -0.165. The van der Waals surface area contributed by atoms with E-state index < -0.39 is 0 Å². The van der Waals surface area contributed by atoms with Gasteiger partial charge < -0.3 is 5.73 Å². The lowest BCUT2D eigenvalue weighted by Gasteiger charge is -2.35. The van der Waals surface area contributed by atoms with Crippen molar-refractivity contribution in [3.05, 3.63) is 35.1 Å². The molecule has 1 saturated heterocycles. The lowest BCUT2D eigenvalue weighted by molar-refractivity contribution is 0.150. The maximum absolute atomic E-state index is 13.5. The number of hydrogen-bond donors (Lipinski definition) is 1. The van der Waals surface area contributed by atoms with Crippen molar-refractivity contribution in [1.29, 1.82) is 0 Å². The van der Waals surface area contributed by atoms with E-state index in [0.29, 0.717) is 12.6 Å². The molecule has 2 unspecified atom stereocenters. The van der Waals surface area contributed by atoms with Crippen molar-refractivity contribution in [3.63, 3.8) is 0 Å². The van der Waals surface area contributed by atoms with Crippen LogP contribution >= 0.6 is 0 Å². The Morgan fingerprint density at radius 2 is 2.16 bits per heavy atom. The molecule has 0 aliphatic carbocycles. The van der Waals surface area contributed by atoms with Crippen molar-refractivity contribution in [3.8, 4) is 0 Å². The quantitative estimate of drug-likeness (QED) is 0.906. The summed E-state index contributed by atoms with van der Waals surface area (Å²) in [5.41, 5.74) is 8.19. The van der Waals surface area contributed by atoms with Gasteiger partial charge in [-0.15, -0.1) is 0 Å². The van der Waals surface area contributed by atoms with Gasteiger partial charge in [-0.1, -0.05) is 18.9 Å². The maximum Gasteiger partial charge on any atom is 0.123 e. The van der Waals surface area contributed by atoms with Crippen LogP contribution in [0.25, 0.3) is 0 Å². The summed E-state index contributed by atoms with van der Waals surface area (Å²) >= 11 is 0. The highest BCUT2D eigenvalue weighted by Gasteiger charge is 2.26. The second kappa shape index (κ2) is 6.49. The number of hydrogen-bond acceptors (Lipinski definition) is 2. The molecule has 1 aliphatic heterocycles. The number of halogens is 1. The van der Waals surface area contributed by atoms with E-state index in [2.05, 4.69) is 11.8 Å². The van der Waals surface area contributed by atoms with Gasteiger partial charge in [0.05, 0.1) is 0 Å². The van der Waals surface area contributed by atoms with Crippen LogP contribution in [0.2, 0.25) is 0 Å². The number of nitrogens with two attached hydrogens (primary N) is 1. The molecule has 2 nitrogen and oxygen atoms in total. The van der Waals surface area contributed by atoms with Gasteiger partial charge in [0.1, 0.15) is 5.82 Å². The van der Waals surface area contributed by atoms with E-state index in [1.54, 1.807) is 6.07 Å². The number of nitrogens with zero attached hydrogens (tertiary/aromatic N) is 1. The van der Waals surface area contributed by atoms with Crippen LogP contribution in [0, 0.1) is 12.7 Å². The average molecular weight is 264 g/mol. The van der Waals surface area contributed by atoms with Crippen LogP contribution in [-0.2, 0) is 0 Å². The Bertz CT molecular complexity index is 419. The van der Waals surface area contributed by atoms with Gasteiger partial charge in [0, 0.05) is 18.6 Å². The molecule has 0 radical (unpaired) electrons. The van der Waals surface area contributed by atoms with Crippen LogP contribution in [-0.4, -0.2) is 24.0 Å². The van der Waals surface area contributed by atoms with E-state index >= 15 is 0 Å². The van der Waals surface area contributed by atoms with Crippen LogP contribution in [0.3, 0.4) is 0 Å². The van der Waals surface area contributed by atoms with Gasteiger partial charge >= 0.3 is 0 Å². The molecule has 19 heavy (non-hydrogen) atoms. The smallest absolute Gasteiger partial charge is 0.123 e. The van der Waals surface area contributed by atoms with Crippen molar-refractivity contribution >= 4 is 0 Å². The van der Waals surface area contributed by atoms with Crippen LogP contribution < -0.4 is 5.73 Å². The summed E-state index contributed by atoms with van der Waals surface area (Å²) < 4.78 is 13.5. The van der Waals surface area contributed by atoms with Gasteiger partial charge in [-0.2, -0.15) is 0 Å². The highest BCUT2D eigenvalue weighted by molar-refractivity contribution is 5.30. The fraction of sp³-hybridized carbons (Fsp3) is 0.625. The van der Waals surface area contributed by atoms with Crippen LogP contribution in [0.15, 0.2) is 18.2 Å². The summed E-state index contributed by atoms with van der Waals surface area (Å²) in [7, 11) is 0. The monoisotopic (exact) mass is 264 g/mol. The van der Waals surface area contributed by atoms with Crippen LogP contribution in [0.5, 0.6) is 0 Å². The zero-order valence-electron chi connectivity index (χ0n) is 12.0. The zero-order chi connectivity index (χ0) is 13.8. The van der Waals surface area contributed by atoms with Crippen molar-refractivity contribution in [2.24, 2.45) is 5.73 Å². The van der Waals surface area contributed by atoms with Crippen molar-refractivity contribution in [2.75, 3.05) is 13.1 Å². The van der Waals surface area contributed by atoms with Gasteiger partial charge in [0.25, 0.3) is 0 Å². The first-order valence-corrected chi connectivity index (χ1v) is 7.35. The molecular formula is C16H25FN2. The third-order valence-electron chi connectivity index (χ3n) is 4.33. The fourth-order valence-electron chi connectivity index (χ4n) is 3.17. The van der Waals surface area contributed by atoms with E-state index in [0.717, 1.165) is 17.7 Å². The second-order valence-corrected chi connectivity index (χ2v) is 5.69. The molecular weight excluding hydrogens is 239 g/mol. The molecule has 3 heteroatoms. The molecule has 2 rings (SSSR count). The van der Waals surface area contributed by atoms with Crippen LogP contribution in [0.4, 0.5) is 4.39 Å². The van der Waals surface area contributed by atoms with Crippen molar-refractivity contribution < 1.29 is 4.39 Å². The number of benzene rings is 1. The first-order chi connectivity index (χ1) is 9.13. The number of aryl methyl sites for hydroxylation is 1. The minimum Gasteiger partial charge on any atom is -0.329 e. The summed E-state index contributed by atoms with van der Waals surface area (Å²) in [6.07, 6.45) is 5.01. The molecule has 2 atom stereocenters. The topological polar surface area (TPSA) is 29.3 Å². The van der Waals surface area contributed by atoms with E-state index in [1.165, 1.54) is 31.7 Å². The Morgan fingerprint density at radius 1 is 1.37 bits per heavy atom. The summed E-state index contributed by atoms with van der Waals surface area (Å²) in [4.78, 5) is 2.47. The molecule has 2 N–H and O–H groups in total. The summed E-state index contributed by atoms with van der Waals surface area (Å²) in [6, 6.07) is 5.71. The largest absolute Gasteiger partial charge is 0.329 e. The second-order valence-electron chi connectivity index (χ2n) is 5.69. The first kappa shape index (κ1) is 14.5. The summed E-state index contributed by atoms with van der Waals surface area (Å²) in [6.45, 7) is 5.93. The molecule has 1 fully saturated rings. The highest BCUT2D eigenvalue weighted by Crippen LogP contribution is 2.29. The fourth-order valence-corrected chi connectivity index (χ4v) is 3.17. The number of likely N-dealkylation sites (tertiary alicyclic amines) is 1. The Labute approximate surface area is 115 Å². The molecule has 0 amide bonds. The lowest BCUT2D eigenvalue weighted by Crippen LogP contribution is -2.40. The normalized spacial score (nSPS) is 23.1. The van der Waals surface area contributed by atoms with Gasteiger partial charge in [0.2, 0.25) is 0 Å². The van der Waals surface area contributed by atoms with Crippen LogP contribution in [0.1, 0.15) is 49.8 Å². The highest BCUT2D eigenvalue weighted by atomic mass is 19.1. The summed E-state index contributed by atoms with van der Waals surface area (Å²) in [5, 5.41) is 0. The molecule has 0 spiro atoms. The molecule has 1 aromatic carbocycles. The van der Waals surface area contributed by atoms with Crippen molar-refractivity contribution in [2.45, 2.75) is 51.6 Å². The van der Waals surface area contributed by atoms with Gasteiger partial charge in [-0.25, -0.2) is 4.39 Å².